The lowest BCUT2D eigenvalue weighted by Crippen LogP contribution is -2.44. The van der Waals surface area contributed by atoms with Crippen LogP contribution in [0.2, 0.25) is 0 Å². The SMILES string of the molecule is CC(=O)N[C@H](Cc1c[nH]c2ccccc12)C(N)=O. The summed E-state index contributed by atoms with van der Waals surface area (Å²) in [4.78, 5) is 25.4. The predicted molar refractivity (Wildman–Crippen MR) is 68.8 cm³/mol. The Morgan fingerprint density at radius 3 is 2.78 bits per heavy atom. The van der Waals surface area contributed by atoms with Gasteiger partial charge in [0.2, 0.25) is 11.8 Å². The lowest BCUT2D eigenvalue weighted by Gasteiger charge is -2.13. The van der Waals surface area contributed by atoms with Crippen molar-refractivity contribution in [2.24, 2.45) is 5.73 Å². The van der Waals surface area contributed by atoms with Gasteiger partial charge in [-0.2, -0.15) is 0 Å². The van der Waals surface area contributed by atoms with Gasteiger partial charge in [0.15, 0.2) is 0 Å². The summed E-state index contributed by atoms with van der Waals surface area (Å²) in [6, 6.07) is 7.10. The molecular weight excluding hydrogens is 230 g/mol. The van der Waals surface area contributed by atoms with E-state index in [2.05, 4.69) is 10.3 Å². The Labute approximate surface area is 104 Å². The molecule has 0 fully saturated rings. The maximum absolute atomic E-state index is 11.3. The second kappa shape index (κ2) is 4.91. The molecule has 2 rings (SSSR count). The zero-order chi connectivity index (χ0) is 13.1. The average molecular weight is 245 g/mol. The van der Waals surface area contributed by atoms with E-state index in [-0.39, 0.29) is 5.91 Å². The summed E-state index contributed by atoms with van der Waals surface area (Å²) in [7, 11) is 0. The standard InChI is InChI=1S/C13H15N3O2/c1-8(17)16-12(13(14)18)6-9-7-15-11-5-3-2-4-10(9)11/h2-5,7,12,15H,6H2,1H3,(H2,14,18)(H,16,17)/t12-/m1/s1. The van der Waals surface area contributed by atoms with Crippen LogP contribution in [0, 0.1) is 0 Å². The number of H-pyrrole nitrogens is 1. The van der Waals surface area contributed by atoms with E-state index in [4.69, 9.17) is 5.73 Å². The van der Waals surface area contributed by atoms with Crippen molar-refractivity contribution < 1.29 is 9.59 Å². The summed E-state index contributed by atoms with van der Waals surface area (Å²) in [6.07, 6.45) is 2.22. The predicted octanol–water partition coefficient (Wildman–Crippen LogP) is 0.700. The van der Waals surface area contributed by atoms with Gasteiger partial charge < -0.3 is 16.0 Å². The summed E-state index contributed by atoms with van der Waals surface area (Å²) >= 11 is 0. The van der Waals surface area contributed by atoms with Gasteiger partial charge in [0.25, 0.3) is 0 Å². The highest BCUT2D eigenvalue weighted by Gasteiger charge is 2.18. The van der Waals surface area contributed by atoms with Crippen LogP contribution in [0.25, 0.3) is 10.9 Å². The number of aromatic nitrogens is 1. The lowest BCUT2D eigenvalue weighted by molar-refractivity contribution is -0.126. The number of benzene rings is 1. The maximum Gasteiger partial charge on any atom is 0.240 e. The topological polar surface area (TPSA) is 88.0 Å². The molecule has 0 aliphatic heterocycles. The molecular formula is C13H15N3O2. The highest BCUT2D eigenvalue weighted by molar-refractivity contribution is 5.88. The molecule has 1 aromatic heterocycles. The van der Waals surface area contributed by atoms with Crippen LogP contribution in [-0.4, -0.2) is 22.8 Å². The van der Waals surface area contributed by atoms with E-state index < -0.39 is 11.9 Å². The highest BCUT2D eigenvalue weighted by Crippen LogP contribution is 2.18. The van der Waals surface area contributed by atoms with Gasteiger partial charge in [0.05, 0.1) is 0 Å². The van der Waals surface area contributed by atoms with E-state index in [9.17, 15) is 9.59 Å². The van der Waals surface area contributed by atoms with Crippen molar-refractivity contribution in [1.82, 2.24) is 10.3 Å². The van der Waals surface area contributed by atoms with Crippen LogP contribution in [0.1, 0.15) is 12.5 Å². The largest absolute Gasteiger partial charge is 0.368 e. The second-order valence-corrected chi connectivity index (χ2v) is 4.22. The van der Waals surface area contributed by atoms with Crippen LogP contribution < -0.4 is 11.1 Å². The number of carbonyl (C=O) groups is 2. The van der Waals surface area contributed by atoms with E-state index in [0.717, 1.165) is 16.5 Å². The van der Waals surface area contributed by atoms with Crippen LogP contribution in [-0.2, 0) is 16.0 Å². The third-order valence-corrected chi connectivity index (χ3v) is 2.82. The summed E-state index contributed by atoms with van der Waals surface area (Å²) in [5.41, 5.74) is 7.24. The Kier molecular flexibility index (Phi) is 3.32. The first kappa shape index (κ1) is 12.2. The first-order chi connectivity index (χ1) is 8.58. The third-order valence-electron chi connectivity index (χ3n) is 2.82. The number of hydrogen-bond acceptors (Lipinski definition) is 2. The Hall–Kier alpha value is -2.30. The fourth-order valence-corrected chi connectivity index (χ4v) is 1.99. The zero-order valence-corrected chi connectivity index (χ0v) is 10.1. The van der Waals surface area contributed by atoms with Crippen LogP contribution in [0.5, 0.6) is 0 Å². The number of nitrogens with one attached hydrogen (secondary N) is 2. The molecule has 0 aliphatic rings. The molecule has 1 atom stereocenters. The van der Waals surface area contributed by atoms with Crippen LogP contribution in [0.15, 0.2) is 30.5 Å². The summed E-state index contributed by atoms with van der Waals surface area (Å²) in [6.45, 7) is 1.37. The van der Waals surface area contributed by atoms with Gasteiger partial charge >= 0.3 is 0 Å². The van der Waals surface area contributed by atoms with Crippen molar-refractivity contribution in [2.75, 3.05) is 0 Å². The summed E-state index contributed by atoms with van der Waals surface area (Å²) in [5, 5.41) is 3.59. The van der Waals surface area contributed by atoms with E-state index in [1.54, 1.807) is 0 Å². The van der Waals surface area contributed by atoms with Crippen molar-refractivity contribution in [2.45, 2.75) is 19.4 Å². The number of para-hydroxylation sites is 1. The molecule has 0 aliphatic carbocycles. The number of nitrogens with two attached hydrogens (primary N) is 1. The smallest absolute Gasteiger partial charge is 0.240 e. The van der Waals surface area contributed by atoms with Gasteiger partial charge in [-0.05, 0) is 11.6 Å². The molecule has 0 saturated carbocycles. The molecule has 0 spiro atoms. The highest BCUT2D eigenvalue weighted by atomic mass is 16.2. The normalized spacial score (nSPS) is 12.3. The minimum Gasteiger partial charge on any atom is -0.368 e. The molecule has 4 N–H and O–H groups in total. The van der Waals surface area contributed by atoms with Gasteiger partial charge in [-0.3, -0.25) is 9.59 Å². The number of fused-ring (bicyclic) bond motifs is 1. The molecule has 0 bridgehead atoms. The molecule has 2 amide bonds. The number of aromatic amines is 1. The second-order valence-electron chi connectivity index (χ2n) is 4.22. The van der Waals surface area contributed by atoms with Crippen molar-refractivity contribution in [3.63, 3.8) is 0 Å². The van der Waals surface area contributed by atoms with Gasteiger partial charge in [0.1, 0.15) is 6.04 Å². The molecule has 5 nitrogen and oxygen atoms in total. The quantitative estimate of drug-likeness (QED) is 0.740. The molecule has 2 aromatic rings. The number of primary amides is 1. The van der Waals surface area contributed by atoms with Gasteiger partial charge in [-0.1, -0.05) is 18.2 Å². The Bertz CT molecular complexity index is 589. The van der Waals surface area contributed by atoms with Crippen LogP contribution >= 0.6 is 0 Å². The third kappa shape index (κ3) is 2.51. The van der Waals surface area contributed by atoms with E-state index in [1.807, 2.05) is 30.5 Å². The van der Waals surface area contributed by atoms with Crippen molar-refractivity contribution in [3.05, 3.63) is 36.0 Å². The Morgan fingerprint density at radius 2 is 2.11 bits per heavy atom. The Balaban J connectivity index is 2.26. The molecule has 1 aromatic carbocycles. The van der Waals surface area contributed by atoms with Crippen molar-refractivity contribution >= 4 is 22.7 Å². The number of rotatable bonds is 4. The molecule has 18 heavy (non-hydrogen) atoms. The molecule has 0 saturated heterocycles. The van der Waals surface area contributed by atoms with E-state index >= 15 is 0 Å². The van der Waals surface area contributed by atoms with Crippen molar-refractivity contribution in [3.8, 4) is 0 Å². The van der Waals surface area contributed by atoms with Crippen LogP contribution in [0.3, 0.4) is 0 Å². The van der Waals surface area contributed by atoms with Gasteiger partial charge in [0, 0.05) is 30.4 Å². The maximum atomic E-state index is 11.3. The van der Waals surface area contributed by atoms with E-state index in [1.165, 1.54) is 6.92 Å². The minimum atomic E-state index is -0.679. The summed E-state index contributed by atoms with van der Waals surface area (Å²) in [5.74, 6) is -0.797. The zero-order valence-electron chi connectivity index (χ0n) is 10.1. The molecule has 0 radical (unpaired) electrons. The number of hydrogen-bond donors (Lipinski definition) is 3. The minimum absolute atomic E-state index is 0.265. The first-order valence-electron chi connectivity index (χ1n) is 5.69. The molecule has 0 unspecified atom stereocenters. The van der Waals surface area contributed by atoms with Gasteiger partial charge in [-0.25, -0.2) is 0 Å². The number of carbonyl (C=O) groups excluding carboxylic acids is 2. The van der Waals surface area contributed by atoms with Crippen LogP contribution in [0.4, 0.5) is 0 Å². The monoisotopic (exact) mass is 245 g/mol. The molecule has 5 heteroatoms. The average Bonchev–Trinajstić information content (AvgIpc) is 2.71. The molecule has 94 valence electrons. The molecule has 1 heterocycles. The fraction of sp³-hybridized carbons (Fsp3) is 0.231. The lowest BCUT2D eigenvalue weighted by atomic mass is 10.0. The fourth-order valence-electron chi connectivity index (χ4n) is 1.99. The van der Waals surface area contributed by atoms with Gasteiger partial charge in [-0.15, -0.1) is 0 Å². The van der Waals surface area contributed by atoms with E-state index in [0.29, 0.717) is 6.42 Å². The number of amides is 2. The summed E-state index contributed by atoms with van der Waals surface area (Å²) < 4.78 is 0. The first-order valence-corrected chi connectivity index (χ1v) is 5.69. The Morgan fingerprint density at radius 1 is 1.39 bits per heavy atom. The van der Waals surface area contributed by atoms with Crippen molar-refractivity contribution in [1.29, 1.82) is 0 Å².